The molecule has 1 saturated heterocycles. The monoisotopic (exact) mass is 343 g/mol. The number of hydrogen-bond donors (Lipinski definition) is 1. The minimum absolute atomic E-state index is 0.299. The number of alkyl halides is 3. The average Bonchev–Trinajstić information content (AvgIpc) is 2.87. The maximum Gasteiger partial charge on any atom is 0.416 e. The van der Waals surface area contributed by atoms with E-state index in [0.29, 0.717) is 44.7 Å². The number of carboxylic acid groups (broad SMARTS) is 1. The lowest BCUT2D eigenvalue weighted by Crippen LogP contribution is -2.50. The summed E-state index contributed by atoms with van der Waals surface area (Å²) in [5, 5.41) is 9.27. The first-order valence-electron chi connectivity index (χ1n) is 8.08. The summed E-state index contributed by atoms with van der Waals surface area (Å²) in [5.74, 6) is -0.519. The highest BCUT2D eigenvalue weighted by Gasteiger charge is 2.45. The van der Waals surface area contributed by atoms with Crippen molar-refractivity contribution in [2.45, 2.75) is 43.8 Å². The average molecular weight is 343 g/mol. The van der Waals surface area contributed by atoms with Gasteiger partial charge in [-0.2, -0.15) is 13.2 Å². The lowest BCUT2D eigenvalue weighted by Gasteiger charge is -2.40. The second-order valence-corrected chi connectivity index (χ2v) is 6.58. The number of aliphatic carboxylic acids is 1. The molecule has 0 saturated carbocycles. The smallest absolute Gasteiger partial charge is 0.416 e. The fourth-order valence-corrected chi connectivity index (χ4v) is 3.82. The van der Waals surface area contributed by atoms with Crippen molar-refractivity contribution in [2.24, 2.45) is 0 Å². The number of likely N-dealkylation sites (tertiary alicyclic amines) is 1. The summed E-state index contributed by atoms with van der Waals surface area (Å²) in [4.78, 5) is 13.2. The molecule has 4 nitrogen and oxygen atoms in total. The van der Waals surface area contributed by atoms with Crippen molar-refractivity contribution >= 4 is 5.97 Å². The highest BCUT2D eigenvalue weighted by Crippen LogP contribution is 2.47. The van der Waals surface area contributed by atoms with E-state index in [1.807, 2.05) is 11.8 Å². The molecule has 2 heterocycles. The molecule has 1 fully saturated rings. The Morgan fingerprint density at radius 1 is 1.38 bits per heavy atom. The highest BCUT2D eigenvalue weighted by atomic mass is 19.4. The van der Waals surface area contributed by atoms with Gasteiger partial charge in [-0.25, -0.2) is 0 Å². The molecule has 7 heteroatoms. The lowest BCUT2D eigenvalue weighted by atomic mass is 9.74. The molecule has 2 aliphatic heterocycles. The quantitative estimate of drug-likeness (QED) is 0.915. The van der Waals surface area contributed by atoms with Crippen molar-refractivity contribution < 1.29 is 27.8 Å². The topological polar surface area (TPSA) is 49.8 Å². The molecule has 2 aliphatic rings. The summed E-state index contributed by atoms with van der Waals surface area (Å²) in [6.45, 7) is 3.42. The van der Waals surface area contributed by atoms with Crippen LogP contribution in [0.25, 0.3) is 0 Å². The van der Waals surface area contributed by atoms with E-state index >= 15 is 0 Å². The Hall–Kier alpha value is -1.76. The van der Waals surface area contributed by atoms with E-state index in [-0.39, 0.29) is 5.41 Å². The maximum absolute atomic E-state index is 12.8. The Bertz CT molecular complexity index is 636. The van der Waals surface area contributed by atoms with Crippen molar-refractivity contribution in [2.75, 3.05) is 19.7 Å². The number of nitrogens with zero attached hydrogens (tertiary/aromatic N) is 1. The third-order valence-corrected chi connectivity index (χ3v) is 5.25. The molecule has 1 spiro atoms. The van der Waals surface area contributed by atoms with Crippen LogP contribution < -0.4 is 4.74 Å². The Kier molecular flexibility index (Phi) is 4.23. The van der Waals surface area contributed by atoms with E-state index in [4.69, 9.17) is 4.74 Å². The third-order valence-electron chi connectivity index (χ3n) is 5.25. The molecule has 1 aromatic carbocycles. The van der Waals surface area contributed by atoms with Crippen molar-refractivity contribution in [1.82, 2.24) is 4.90 Å². The molecule has 3 rings (SSSR count). The molecule has 0 radical (unpaired) electrons. The number of fused-ring (bicyclic) bond motifs is 2. The van der Waals surface area contributed by atoms with Crippen LogP contribution in [0.15, 0.2) is 18.2 Å². The summed E-state index contributed by atoms with van der Waals surface area (Å²) in [7, 11) is 0. The zero-order valence-corrected chi connectivity index (χ0v) is 13.4. The summed E-state index contributed by atoms with van der Waals surface area (Å²) in [5.41, 5.74) is -0.182. The van der Waals surface area contributed by atoms with Gasteiger partial charge in [0.2, 0.25) is 0 Å². The fourth-order valence-electron chi connectivity index (χ4n) is 3.82. The number of halogens is 3. The predicted octanol–water partition coefficient (Wildman–Crippen LogP) is 3.29. The molecule has 1 aromatic rings. The van der Waals surface area contributed by atoms with Gasteiger partial charge >= 0.3 is 12.1 Å². The molecule has 0 aromatic heterocycles. The Balaban J connectivity index is 1.79. The van der Waals surface area contributed by atoms with Crippen LogP contribution in [-0.2, 0) is 16.4 Å². The van der Waals surface area contributed by atoms with E-state index in [1.165, 1.54) is 6.07 Å². The SMILES string of the molecule is CC[C@@H](C(=O)O)N1CCC2(CC1)COc1cc(C(F)(F)F)ccc12. The second-order valence-electron chi connectivity index (χ2n) is 6.58. The van der Waals surface area contributed by atoms with Gasteiger partial charge < -0.3 is 9.84 Å². The van der Waals surface area contributed by atoms with Crippen LogP contribution in [0.5, 0.6) is 5.75 Å². The Morgan fingerprint density at radius 3 is 2.58 bits per heavy atom. The summed E-state index contributed by atoms with van der Waals surface area (Å²) < 4.78 is 44.0. The first-order chi connectivity index (χ1) is 11.3. The standard InChI is InChI=1S/C17H20F3NO3/c1-2-13(15(22)23)21-7-5-16(6-8-21)10-24-14-9-11(17(18,19)20)3-4-12(14)16/h3-4,9,13H,2,5-8,10H2,1H3,(H,22,23)/t13-/m0/s1. The van der Waals surface area contributed by atoms with Crippen molar-refractivity contribution in [3.8, 4) is 5.75 Å². The molecule has 24 heavy (non-hydrogen) atoms. The van der Waals surface area contributed by atoms with Gasteiger partial charge in [0.05, 0.1) is 12.2 Å². The molecular weight excluding hydrogens is 323 g/mol. The van der Waals surface area contributed by atoms with Crippen LogP contribution in [0, 0.1) is 0 Å². The van der Waals surface area contributed by atoms with Crippen molar-refractivity contribution in [3.05, 3.63) is 29.3 Å². The number of carboxylic acids is 1. The second kappa shape index (κ2) is 5.95. The molecular formula is C17H20F3NO3. The first kappa shape index (κ1) is 17.1. The molecule has 0 bridgehead atoms. The highest BCUT2D eigenvalue weighted by molar-refractivity contribution is 5.73. The largest absolute Gasteiger partial charge is 0.492 e. The molecule has 1 atom stereocenters. The van der Waals surface area contributed by atoms with Crippen LogP contribution >= 0.6 is 0 Å². The lowest BCUT2D eigenvalue weighted by molar-refractivity contribution is -0.144. The Labute approximate surface area is 138 Å². The molecule has 132 valence electrons. The minimum atomic E-state index is -4.38. The maximum atomic E-state index is 12.8. The Morgan fingerprint density at radius 2 is 2.04 bits per heavy atom. The summed E-state index contributed by atoms with van der Waals surface area (Å²) in [6, 6.07) is 3.20. The van der Waals surface area contributed by atoms with Crippen molar-refractivity contribution in [1.29, 1.82) is 0 Å². The number of piperidine rings is 1. The van der Waals surface area contributed by atoms with Crippen LogP contribution in [0.3, 0.4) is 0 Å². The van der Waals surface area contributed by atoms with Crippen LogP contribution in [0.4, 0.5) is 13.2 Å². The van der Waals surface area contributed by atoms with Gasteiger partial charge in [-0.1, -0.05) is 13.0 Å². The molecule has 0 unspecified atom stereocenters. The predicted molar refractivity (Wildman–Crippen MR) is 81.1 cm³/mol. The number of rotatable bonds is 3. The van der Waals surface area contributed by atoms with Crippen molar-refractivity contribution in [3.63, 3.8) is 0 Å². The van der Waals surface area contributed by atoms with Crippen LogP contribution in [0.2, 0.25) is 0 Å². The molecule has 0 amide bonds. The first-order valence-corrected chi connectivity index (χ1v) is 8.08. The third kappa shape index (κ3) is 2.85. The summed E-state index contributed by atoms with van der Waals surface area (Å²) >= 11 is 0. The normalized spacial score (nSPS) is 21.3. The minimum Gasteiger partial charge on any atom is -0.492 e. The van der Waals surface area contributed by atoms with Crippen LogP contribution in [0.1, 0.15) is 37.3 Å². The van der Waals surface area contributed by atoms with Crippen LogP contribution in [-0.4, -0.2) is 41.7 Å². The van der Waals surface area contributed by atoms with Gasteiger partial charge in [-0.15, -0.1) is 0 Å². The zero-order valence-electron chi connectivity index (χ0n) is 13.4. The molecule has 1 N–H and O–H groups in total. The van der Waals surface area contributed by atoms with Gasteiger partial charge in [-0.05, 0) is 44.5 Å². The molecule has 0 aliphatic carbocycles. The number of carbonyl (C=O) groups is 1. The van der Waals surface area contributed by atoms with Gasteiger partial charge in [0.15, 0.2) is 0 Å². The number of hydrogen-bond acceptors (Lipinski definition) is 3. The van der Waals surface area contributed by atoms with E-state index in [1.54, 1.807) is 0 Å². The van der Waals surface area contributed by atoms with E-state index in [2.05, 4.69) is 0 Å². The van der Waals surface area contributed by atoms with Gasteiger partial charge in [0, 0.05) is 11.0 Å². The van der Waals surface area contributed by atoms with E-state index in [9.17, 15) is 23.1 Å². The van der Waals surface area contributed by atoms with Gasteiger partial charge in [0.25, 0.3) is 0 Å². The van der Waals surface area contributed by atoms with E-state index < -0.39 is 23.8 Å². The van der Waals surface area contributed by atoms with Gasteiger partial charge in [-0.3, -0.25) is 9.69 Å². The fraction of sp³-hybridized carbons (Fsp3) is 0.588. The van der Waals surface area contributed by atoms with Gasteiger partial charge in [0.1, 0.15) is 11.8 Å². The van der Waals surface area contributed by atoms with E-state index in [0.717, 1.165) is 17.7 Å². The zero-order chi connectivity index (χ0) is 17.5. The number of benzene rings is 1. The number of ether oxygens (including phenoxy) is 1. The summed E-state index contributed by atoms with van der Waals surface area (Å²) in [6.07, 6.45) is -2.47.